The Labute approximate surface area is 208 Å². The highest BCUT2D eigenvalue weighted by molar-refractivity contribution is 7.22. The summed E-state index contributed by atoms with van der Waals surface area (Å²) in [5.74, 6) is 0.0488. The number of likely N-dealkylation sites (tertiary alicyclic amines) is 1. The topological polar surface area (TPSA) is 101 Å². The van der Waals surface area contributed by atoms with Crippen molar-refractivity contribution in [3.63, 3.8) is 0 Å². The lowest BCUT2D eigenvalue weighted by Crippen LogP contribution is -2.42. The van der Waals surface area contributed by atoms with Crippen molar-refractivity contribution in [1.82, 2.24) is 25.0 Å². The summed E-state index contributed by atoms with van der Waals surface area (Å²) in [5.41, 5.74) is 2.50. The summed E-state index contributed by atoms with van der Waals surface area (Å²) in [7, 11) is 0. The van der Waals surface area contributed by atoms with Crippen LogP contribution >= 0.6 is 11.3 Å². The van der Waals surface area contributed by atoms with Gasteiger partial charge in [0, 0.05) is 31.4 Å². The standard InChI is InChI=1S/C25H32N6O3S/c1-25(2,3)34-24(33)30-10-7-19(8-11-30)31-15-18(14-27-31)16-4-5-20-21(12-16)35-23(28-20)29-22(32)17-6-9-26-13-17/h4-5,12,14-15,17,19,26H,6-11,13H2,1-3H3,(H,28,29,32)/t17-/m0/s1. The number of aromatic nitrogens is 3. The smallest absolute Gasteiger partial charge is 0.410 e. The fraction of sp³-hybridized carbons (Fsp3) is 0.520. The third-order valence-corrected chi connectivity index (χ3v) is 7.41. The van der Waals surface area contributed by atoms with Crippen LogP contribution in [0.4, 0.5) is 9.93 Å². The fourth-order valence-electron chi connectivity index (χ4n) is 4.57. The molecule has 2 aromatic heterocycles. The largest absolute Gasteiger partial charge is 0.444 e. The predicted octanol–water partition coefficient (Wildman–Crippen LogP) is 4.28. The first-order chi connectivity index (χ1) is 16.7. The number of amides is 2. The van der Waals surface area contributed by atoms with Gasteiger partial charge in [0.15, 0.2) is 5.13 Å². The van der Waals surface area contributed by atoms with E-state index >= 15 is 0 Å². The summed E-state index contributed by atoms with van der Waals surface area (Å²) >= 11 is 1.49. The van der Waals surface area contributed by atoms with Crippen molar-refractivity contribution in [2.45, 2.75) is 51.7 Å². The monoisotopic (exact) mass is 496 g/mol. The van der Waals surface area contributed by atoms with Crippen molar-refractivity contribution < 1.29 is 14.3 Å². The summed E-state index contributed by atoms with van der Waals surface area (Å²) in [6, 6.07) is 6.39. The summed E-state index contributed by atoms with van der Waals surface area (Å²) in [4.78, 5) is 31.1. The average Bonchev–Trinajstić information content (AvgIpc) is 3.58. The molecule has 0 unspecified atom stereocenters. The molecule has 2 saturated heterocycles. The van der Waals surface area contributed by atoms with Gasteiger partial charge < -0.3 is 20.3 Å². The molecule has 0 saturated carbocycles. The summed E-state index contributed by atoms with van der Waals surface area (Å²) in [6.07, 6.45) is 6.27. The maximum absolute atomic E-state index is 12.4. The second-order valence-electron chi connectivity index (χ2n) is 10.3. The highest BCUT2D eigenvalue weighted by Gasteiger charge is 2.28. The molecule has 3 aromatic rings. The van der Waals surface area contributed by atoms with Crippen molar-refractivity contribution in [2.75, 3.05) is 31.5 Å². The number of hydrogen-bond donors (Lipinski definition) is 2. The lowest BCUT2D eigenvalue weighted by Gasteiger charge is -2.33. The van der Waals surface area contributed by atoms with E-state index in [2.05, 4.69) is 33.0 Å². The summed E-state index contributed by atoms with van der Waals surface area (Å²) in [5, 5.41) is 11.5. The van der Waals surface area contributed by atoms with Gasteiger partial charge in [0.05, 0.1) is 28.4 Å². The molecule has 2 amide bonds. The molecule has 1 atom stereocenters. The van der Waals surface area contributed by atoms with E-state index < -0.39 is 5.60 Å². The highest BCUT2D eigenvalue weighted by atomic mass is 32.1. The minimum atomic E-state index is -0.482. The lowest BCUT2D eigenvalue weighted by molar-refractivity contribution is -0.119. The van der Waals surface area contributed by atoms with Crippen molar-refractivity contribution in [2.24, 2.45) is 5.92 Å². The van der Waals surface area contributed by atoms with E-state index in [1.165, 1.54) is 11.3 Å². The Balaban J connectivity index is 1.23. The van der Waals surface area contributed by atoms with Crippen LogP contribution in [0.2, 0.25) is 0 Å². The zero-order valence-corrected chi connectivity index (χ0v) is 21.2. The number of thiazole rings is 1. The van der Waals surface area contributed by atoms with Crippen LogP contribution in [-0.4, -0.2) is 63.4 Å². The fourth-order valence-corrected chi connectivity index (χ4v) is 5.48. The Morgan fingerprint density at radius 2 is 1.97 bits per heavy atom. The van der Waals surface area contributed by atoms with E-state index in [4.69, 9.17) is 4.74 Å². The van der Waals surface area contributed by atoms with Crippen molar-refractivity contribution in [1.29, 1.82) is 0 Å². The number of fused-ring (bicyclic) bond motifs is 1. The summed E-state index contributed by atoms with van der Waals surface area (Å²) < 4.78 is 8.54. The molecule has 4 heterocycles. The molecule has 0 radical (unpaired) electrons. The number of nitrogens with one attached hydrogen (secondary N) is 2. The molecule has 10 heteroatoms. The van der Waals surface area contributed by atoms with Gasteiger partial charge in [-0.15, -0.1) is 0 Å². The van der Waals surface area contributed by atoms with Crippen LogP contribution in [0.25, 0.3) is 21.3 Å². The van der Waals surface area contributed by atoms with Crippen molar-refractivity contribution in [3.05, 3.63) is 30.6 Å². The molecule has 5 rings (SSSR count). The molecular weight excluding hydrogens is 464 g/mol. The van der Waals surface area contributed by atoms with Crippen LogP contribution in [-0.2, 0) is 9.53 Å². The molecule has 2 N–H and O–H groups in total. The number of hydrogen-bond acceptors (Lipinski definition) is 7. The molecule has 2 aliphatic heterocycles. The first-order valence-corrected chi connectivity index (χ1v) is 13.0. The van der Waals surface area contributed by atoms with Gasteiger partial charge in [0.1, 0.15) is 5.60 Å². The van der Waals surface area contributed by atoms with Crippen LogP contribution in [0.5, 0.6) is 0 Å². The second kappa shape index (κ2) is 9.58. The van der Waals surface area contributed by atoms with Crippen molar-refractivity contribution in [3.8, 4) is 11.1 Å². The van der Waals surface area contributed by atoms with Crippen LogP contribution in [0.15, 0.2) is 30.6 Å². The minimum absolute atomic E-state index is 0.0133. The Morgan fingerprint density at radius 1 is 1.17 bits per heavy atom. The number of anilines is 1. The molecule has 2 aliphatic rings. The van der Waals surface area contributed by atoms with E-state index in [9.17, 15) is 9.59 Å². The van der Waals surface area contributed by atoms with E-state index in [0.717, 1.165) is 53.7 Å². The second-order valence-corrected chi connectivity index (χ2v) is 11.3. The molecule has 9 nitrogen and oxygen atoms in total. The molecule has 1 aromatic carbocycles. The van der Waals surface area contributed by atoms with Gasteiger partial charge in [-0.3, -0.25) is 9.48 Å². The van der Waals surface area contributed by atoms with Gasteiger partial charge in [-0.05, 0) is 64.3 Å². The van der Waals surface area contributed by atoms with E-state index in [0.29, 0.717) is 18.2 Å². The van der Waals surface area contributed by atoms with Gasteiger partial charge in [-0.1, -0.05) is 17.4 Å². The van der Waals surface area contributed by atoms with Crippen LogP contribution < -0.4 is 10.6 Å². The van der Waals surface area contributed by atoms with Gasteiger partial charge in [-0.2, -0.15) is 5.10 Å². The quantitative estimate of drug-likeness (QED) is 0.559. The SMILES string of the molecule is CC(C)(C)OC(=O)N1CCC(n2cc(-c3ccc4nc(NC(=O)[C@H]5CCNC5)sc4c3)cn2)CC1. The van der Waals surface area contributed by atoms with Crippen LogP contribution in [0, 0.1) is 5.92 Å². The van der Waals surface area contributed by atoms with Crippen LogP contribution in [0.3, 0.4) is 0 Å². The molecule has 0 spiro atoms. The van der Waals surface area contributed by atoms with E-state index in [1.807, 2.05) is 43.8 Å². The Bertz CT molecular complexity index is 1220. The molecule has 35 heavy (non-hydrogen) atoms. The van der Waals surface area contributed by atoms with Gasteiger partial charge in [-0.25, -0.2) is 9.78 Å². The number of piperidine rings is 1. The first kappa shape index (κ1) is 23.7. The zero-order valence-electron chi connectivity index (χ0n) is 20.4. The number of benzene rings is 1. The van der Waals surface area contributed by atoms with Crippen LogP contribution in [0.1, 0.15) is 46.1 Å². The predicted molar refractivity (Wildman–Crippen MR) is 137 cm³/mol. The molecule has 0 aliphatic carbocycles. The van der Waals surface area contributed by atoms with E-state index in [-0.39, 0.29) is 24.0 Å². The first-order valence-electron chi connectivity index (χ1n) is 12.2. The zero-order chi connectivity index (χ0) is 24.6. The van der Waals surface area contributed by atoms with Crippen molar-refractivity contribution >= 4 is 38.7 Å². The normalized spacial score (nSPS) is 19.3. The molecule has 0 bridgehead atoms. The summed E-state index contributed by atoms with van der Waals surface area (Å²) in [6.45, 7) is 8.59. The highest BCUT2D eigenvalue weighted by Crippen LogP contribution is 2.32. The Hall–Kier alpha value is -2.98. The number of carbonyl (C=O) groups is 2. The number of carbonyl (C=O) groups excluding carboxylic acids is 2. The molecule has 186 valence electrons. The number of rotatable bonds is 4. The Kier molecular flexibility index (Phi) is 6.50. The number of ether oxygens (including phenoxy) is 1. The Morgan fingerprint density at radius 3 is 2.69 bits per heavy atom. The van der Waals surface area contributed by atoms with Gasteiger partial charge >= 0.3 is 6.09 Å². The average molecular weight is 497 g/mol. The lowest BCUT2D eigenvalue weighted by atomic mass is 10.1. The molecule has 2 fully saturated rings. The van der Waals surface area contributed by atoms with E-state index in [1.54, 1.807) is 4.90 Å². The van der Waals surface area contributed by atoms with Gasteiger partial charge in [0.25, 0.3) is 0 Å². The minimum Gasteiger partial charge on any atom is -0.444 e. The molecular formula is C25H32N6O3S. The maximum Gasteiger partial charge on any atom is 0.410 e. The third kappa shape index (κ3) is 5.48. The van der Waals surface area contributed by atoms with Gasteiger partial charge in [0.2, 0.25) is 5.91 Å². The number of nitrogens with zero attached hydrogens (tertiary/aromatic N) is 4. The maximum atomic E-state index is 12.4. The third-order valence-electron chi connectivity index (χ3n) is 6.47.